The van der Waals surface area contributed by atoms with Crippen LogP contribution in [0.3, 0.4) is 0 Å². The number of nitrogens with zero attached hydrogens (tertiary/aromatic N) is 4. The molecule has 4 aromatic heterocycles. The van der Waals surface area contributed by atoms with Crippen LogP contribution in [0.5, 0.6) is 0 Å². The predicted octanol–water partition coefficient (Wildman–Crippen LogP) is -3.15. The number of carboxylic acid groups (broad SMARTS) is 4. The van der Waals surface area contributed by atoms with Crippen molar-refractivity contribution >= 4 is 45.7 Å². The molecule has 5 aromatic rings. The molecule has 0 bridgehead atoms. The van der Waals surface area contributed by atoms with Crippen molar-refractivity contribution in [2.24, 2.45) is 0 Å². The van der Waals surface area contributed by atoms with E-state index in [1.54, 1.807) is 12.4 Å². The van der Waals surface area contributed by atoms with E-state index in [2.05, 4.69) is 44.2 Å². The summed E-state index contributed by atoms with van der Waals surface area (Å²) in [6, 6.07) is 19.5. The Morgan fingerprint density at radius 1 is 0.523 bits per heavy atom. The van der Waals surface area contributed by atoms with Gasteiger partial charge in [0.2, 0.25) is 0 Å². The van der Waals surface area contributed by atoms with E-state index in [1.807, 2.05) is 12.1 Å². The maximum Gasteiger partial charge on any atom is 2.00 e. The summed E-state index contributed by atoms with van der Waals surface area (Å²) in [5.74, 6) is -5.51. The Hall–Kier alpha value is -5.47. The number of aromatic nitrogens is 4. The quantitative estimate of drug-likeness (QED) is 0.142. The minimum absolute atomic E-state index is 0. The fourth-order valence-corrected chi connectivity index (χ4v) is 3.01. The number of carbonyl (C=O) groups excluding carboxylic acids is 2. The van der Waals surface area contributed by atoms with Crippen molar-refractivity contribution in [2.45, 2.75) is 0 Å². The molecular weight excluding hydrogens is 635 g/mol. The normalized spacial score (nSPS) is 8.55. The molecule has 1 aromatic carbocycles. The first-order valence-corrected chi connectivity index (χ1v) is 10.6. The van der Waals surface area contributed by atoms with E-state index in [0.29, 0.717) is 0 Å². The van der Waals surface area contributed by atoms with E-state index < -0.39 is 35.3 Å². The van der Waals surface area contributed by atoms with E-state index in [4.69, 9.17) is 10.2 Å². The van der Waals surface area contributed by atoms with E-state index in [9.17, 15) is 29.4 Å². The average Bonchev–Trinajstić information content (AvgIpc) is 2.93. The molecule has 1 radical (unpaired) electrons. The molecule has 18 heteroatoms. The minimum atomic E-state index is -1.52. The van der Waals surface area contributed by atoms with Crippen LogP contribution in [0.15, 0.2) is 85.2 Å². The molecule has 0 aliphatic heterocycles. The Morgan fingerprint density at radius 3 is 1.16 bits per heavy atom. The van der Waals surface area contributed by atoms with Crippen LogP contribution in [-0.2, 0) is 22.3 Å². The zero-order valence-electron chi connectivity index (χ0n) is 22.1. The molecule has 4 heterocycles. The topological polar surface area (TPSA) is 365 Å². The minimum Gasteiger partial charge on any atom is -0.543 e. The Bertz CT molecular complexity index is 1490. The van der Waals surface area contributed by atoms with Gasteiger partial charge in [0.1, 0.15) is 11.4 Å². The maximum absolute atomic E-state index is 10.3. The van der Waals surface area contributed by atoms with Crippen LogP contribution in [0.4, 0.5) is 0 Å². The van der Waals surface area contributed by atoms with Crippen LogP contribution in [0.1, 0.15) is 42.0 Å². The average molecular weight is 662 g/mol. The first-order valence-electron chi connectivity index (χ1n) is 10.6. The molecule has 0 atom stereocenters. The van der Waals surface area contributed by atoms with E-state index in [0.717, 1.165) is 33.9 Å². The van der Waals surface area contributed by atoms with Gasteiger partial charge in [-0.3, -0.25) is 9.97 Å². The first-order chi connectivity index (χ1) is 18.2. The molecule has 44 heavy (non-hydrogen) atoms. The van der Waals surface area contributed by atoms with Gasteiger partial charge in [0.05, 0.1) is 34.4 Å². The van der Waals surface area contributed by atoms with Crippen molar-refractivity contribution in [3.8, 4) is 0 Å². The summed E-state index contributed by atoms with van der Waals surface area (Å²) in [7, 11) is 0. The number of hydrogen-bond donors (Lipinski definition) is 2. The van der Waals surface area contributed by atoms with Gasteiger partial charge >= 0.3 is 28.7 Å². The fourth-order valence-electron chi connectivity index (χ4n) is 3.01. The Balaban J connectivity index is -0.000000257. The van der Waals surface area contributed by atoms with Crippen molar-refractivity contribution in [2.75, 3.05) is 0 Å². The molecule has 0 saturated carbocycles. The van der Waals surface area contributed by atoms with Crippen LogP contribution in [-0.4, -0.2) is 75.9 Å². The molecule has 0 unspecified atom stereocenters. The first kappa shape index (κ1) is 45.5. The number of aromatic carboxylic acids is 4. The number of pyridine rings is 4. The largest absolute Gasteiger partial charge is 2.00 e. The van der Waals surface area contributed by atoms with Gasteiger partial charge in [-0.15, -0.1) is 0 Å². The molecule has 13 N–H and O–H groups in total. The number of carboxylic acids is 4. The van der Waals surface area contributed by atoms with Gasteiger partial charge in [-0.2, -0.15) is 0 Å². The molecule has 0 aliphatic carbocycles. The summed E-state index contributed by atoms with van der Waals surface area (Å²) in [6.45, 7) is 0. The summed E-state index contributed by atoms with van der Waals surface area (Å²) < 4.78 is 0. The number of rotatable bonds is 4. The Morgan fingerprint density at radius 2 is 0.841 bits per heavy atom. The van der Waals surface area contributed by atoms with Gasteiger partial charge in [0, 0.05) is 23.2 Å². The van der Waals surface area contributed by atoms with Gasteiger partial charge in [0.25, 0.3) is 0 Å². The zero-order chi connectivity index (χ0) is 27.7. The summed E-state index contributed by atoms with van der Waals surface area (Å²) in [6.07, 6.45) is 3.60. The standard InChI is InChI=1S/C12H8N2.2C7H5NO4.Co.5H2O/c1-3-9-5-6-10-4-2-8-14-12(10)11(9)13-7-1;2*9-6(10)4-2-1-3-5(8-4)7(11)12;;;;;;/h1-8H;2*1-3H,(H,9,10)(H,11,12);;5*1H2/q;;;+2;;;;;/p-1. The van der Waals surface area contributed by atoms with Gasteiger partial charge in [-0.25, -0.2) is 19.6 Å². The van der Waals surface area contributed by atoms with Crippen molar-refractivity contribution in [1.29, 1.82) is 0 Å². The van der Waals surface area contributed by atoms with Crippen molar-refractivity contribution in [1.82, 2.24) is 19.9 Å². The molecule has 237 valence electrons. The number of hydrogen-bond acceptors (Lipinski definition) is 10. The summed E-state index contributed by atoms with van der Waals surface area (Å²) >= 11 is 0. The van der Waals surface area contributed by atoms with Crippen molar-refractivity contribution in [3.05, 3.63) is 108 Å². The molecule has 0 spiro atoms. The second-order valence-corrected chi connectivity index (χ2v) is 7.22. The van der Waals surface area contributed by atoms with Crippen molar-refractivity contribution < 1.29 is 83.8 Å². The van der Waals surface area contributed by atoms with Gasteiger partial charge < -0.3 is 57.4 Å². The summed E-state index contributed by atoms with van der Waals surface area (Å²) in [5.41, 5.74) is 0.578. The van der Waals surface area contributed by atoms with Crippen LogP contribution in [0.2, 0.25) is 0 Å². The number of carbonyl (C=O) groups is 4. The molecule has 0 saturated heterocycles. The van der Waals surface area contributed by atoms with Crippen LogP contribution in [0, 0.1) is 0 Å². The Kier molecular flexibility index (Phi) is 22.0. The van der Waals surface area contributed by atoms with E-state index >= 15 is 0 Å². The van der Waals surface area contributed by atoms with Gasteiger partial charge in [0.15, 0.2) is 0 Å². The third kappa shape index (κ3) is 12.2. The van der Waals surface area contributed by atoms with Crippen LogP contribution < -0.4 is 10.2 Å². The summed E-state index contributed by atoms with van der Waals surface area (Å²) in [5, 5.41) is 39.5. The van der Waals surface area contributed by atoms with Gasteiger partial charge in [-0.1, -0.05) is 36.4 Å². The third-order valence-corrected chi connectivity index (χ3v) is 4.70. The number of fused-ring (bicyclic) bond motifs is 3. The van der Waals surface area contributed by atoms with Gasteiger partial charge in [-0.05, 0) is 36.4 Å². The monoisotopic (exact) mass is 662 g/mol. The summed E-state index contributed by atoms with van der Waals surface area (Å²) in [4.78, 5) is 56.3. The molecular formula is C26H27CoN4O13+. The van der Waals surface area contributed by atoms with Crippen LogP contribution in [0.25, 0.3) is 21.8 Å². The predicted molar refractivity (Wildman–Crippen MR) is 147 cm³/mol. The van der Waals surface area contributed by atoms with Crippen LogP contribution >= 0.6 is 0 Å². The second-order valence-electron chi connectivity index (χ2n) is 7.22. The smallest absolute Gasteiger partial charge is 0.543 e. The molecule has 5 rings (SSSR count). The zero-order valence-corrected chi connectivity index (χ0v) is 23.2. The molecule has 0 aliphatic rings. The van der Waals surface area contributed by atoms with E-state index in [1.165, 1.54) is 24.3 Å². The van der Waals surface area contributed by atoms with E-state index in [-0.39, 0.29) is 55.5 Å². The SMILES string of the molecule is O.O.O.O.O=C(O)c1cccc(C(=O)O)n1.O=C([O-])c1cccc(C(=O)[O-])n1.[Co+2].[OH3+].c1cnc2c(c1)ccc1cccnc12. The fraction of sp³-hybridized carbons (Fsp3) is 0. The molecule has 0 fully saturated rings. The number of benzene rings is 1. The maximum atomic E-state index is 10.3. The Labute approximate surface area is 257 Å². The third-order valence-electron chi connectivity index (χ3n) is 4.70. The molecule has 17 nitrogen and oxygen atoms in total. The molecule has 0 amide bonds. The second kappa shape index (κ2) is 21.3. The van der Waals surface area contributed by atoms with Crippen molar-refractivity contribution in [3.63, 3.8) is 0 Å².